The maximum Gasteiger partial charge on any atom is 0.416 e. The Morgan fingerprint density at radius 3 is 2.26 bits per heavy atom. The van der Waals surface area contributed by atoms with Crippen molar-refractivity contribution in [2.45, 2.75) is 19.6 Å². The van der Waals surface area contributed by atoms with Crippen LogP contribution in [-0.4, -0.2) is 54.4 Å². The van der Waals surface area contributed by atoms with E-state index in [9.17, 15) is 22.8 Å². The van der Waals surface area contributed by atoms with Crippen molar-refractivity contribution in [1.29, 1.82) is 0 Å². The van der Waals surface area contributed by atoms with Gasteiger partial charge in [0, 0.05) is 12.6 Å². The van der Waals surface area contributed by atoms with E-state index in [1.807, 2.05) is 0 Å². The van der Waals surface area contributed by atoms with Gasteiger partial charge in [-0.3, -0.25) is 9.59 Å². The number of hydrogen-bond acceptors (Lipinski definition) is 6. The van der Waals surface area contributed by atoms with E-state index >= 15 is 0 Å². The molecule has 11 heteroatoms. The van der Waals surface area contributed by atoms with Crippen LogP contribution in [0.5, 0.6) is 11.5 Å². The quantitative estimate of drug-likeness (QED) is 0.443. The lowest BCUT2D eigenvalue weighted by Gasteiger charge is -2.22. The minimum absolute atomic E-state index is 0.00960. The highest BCUT2D eigenvalue weighted by molar-refractivity contribution is 5.96. The number of methoxy groups -OCH3 is 3. The van der Waals surface area contributed by atoms with Crippen LogP contribution in [0.1, 0.15) is 27.2 Å². The number of esters is 1. The third-order valence-electron chi connectivity index (χ3n) is 5.28. The van der Waals surface area contributed by atoms with Gasteiger partial charge in [-0.05, 0) is 42.8 Å². The number of carbonyl (C=O) groups excluding carboxylic acids is 2. The third kappa shape index (κ3) is 5.92. The van der Waals surface area contributed by atoms with Crippen molar-refractivity contribution in [2.75, 3.05) is 27.9 Å². The molecule has 186 valence electrons. The van der Waals surface area contributed by atoms with E-state index in [1.165, 1.54) is 49.2 Å². The summed E-state index contributed by atoms with van der Waals surface area (Å²) in [5, 5.41) is 4.12. The Bertz CT molecular complexity index is 1200. The summed E-state index contributed by atoms with van der Waals surface area (Å²) in [6, 6.07) is 9.67. The first kappa shape index (κ1) is 25.6. The van der Waals surface area contributed by atoms with Crippen LogP contribution in [0.25, 0.3) is 5.69 Å². The zero-order valence-electron chi connectivity index (χ0n) is 19.5. The molecule has 0 radical (unpaired) electrons. The van der Waals surface area contributed by atoms with Crippen LogP contribution in [-0.2, 0) is 22.3 Å². The number of aromatic nitrogens is 2. The lowest BCUT2D eigenvalue weighted by atomic mass is 10.1. The molecule has 1 amide bonds. The molecule has 0 aliphatic carbocycles. The third-order valence-corrected chi connectivity index (χ3v) is 5.28. The molecular formula is C24H24F3N3O5. The summed E-state index contributed by atoms with van der Waals surface area (Å²) >= 11 is 0. The first-order valence-corrected chi connectivity index (χ1v) is 10.4. The van der Waals surface area contributed by atoms with E-state index in [4.69, 9.17) is 14.2 Å². The summed E-state index contributed by atoms with van der Waals surface area (Å²) in [5.41, 5.74) is 0.375. The standard InChI is InChI=1S/C24H24F3N3O5/c1-15-21(12-28-30(15)18-7-5-6-17(10-18)24(25,26)27)23(32)29(14-22(31)35-4)13-16-8-19(33-2)11-20(9-16)34-3/h5-12H,13-14H2,1-4H3. The smallest absolute Gasteiger partial charge is 0.416 e. The van der Waals surface area contributed by atoms with Crippen LogP contribution in [0.3, 0.4) is 0 Å². The predicted molar refractivity (Wildman–Crippen MR) is 120 cm³/mol. The first-order valence-electron chi connectivity index (χ1n) is 10.4. The van der Waals surface area contributed by atoms with Crippen molar-refractivity contribution in [1.82, 2.24) is 14.7 Å². The molecule has 3 aromatic rings. The summed E-state index contributed by atoms with van der Waals surface area (Å²) in [4.78, 5) is 26.7. The molecule has 0 unspecified atom stereocenters. The number of rotatable bonds is 8. The Balaban J connectivity index is 1.96. The van der Waals surface area contributed by atoms with Crippen LogP contribution in [0.4, 0.5) is 13.2 Å². The number of hydrogen-bond donors (Lipinski definition) is 0. The Kier molecular flexibility index (Phi) is 7.68. The Morgan fingerprint density at radius 2 is 1.69 bits per heavy atom. The van der Waals surface area contributed by atoms with Crippen LogP contribution < -0.4 is 9.47 Å². The zero-order valence-corrected chi connectivity index (χ0v) is 19.5. The molecule has 1 aromatic heterocycles. The fourth-order valence-corrected chi connectivity index (χ4v) is 3.46. The maximum atomic E-state index is 13.4. The van der Waals surface area contributed by atoms with Gasteiger partial charge in [-0.1, -0.05) is 6.07 Å². The number of halogens is 3. The first-order chi connectivity index (χ1) is 16.6. The van der Waals surface area contributed by atoms with E-state index in [1.54, 1.807) is 25.1 Å². The second-order valence-corrected chi connectivity index (χ2v) is 7.56. The highest BCUT2D eigenvalue weighted by Crippen LogP contribution is 2.31. The van der Waals surface area contributed by atoms with Crippen molar-refractivity contribution in [3.8, 4) is 17.2 Å². The Morgan fingerprint density at radius 1 is 1.03 bits per heavy atom. The molecule has 2 aromatic carbocycles. The second-order valence-electron chi connectivity index (χ2n) is 7.56. The summed E-state index contributed by atoms with van der Waals surface area (Å²) in [7, 11) is 4.18. The highest BCUT2D eigenvalue weighted by Gasteiger charge is 2.31. The predicted octanol–water partition coefficient (Wildman–Crippen LogP) is 4.03. The van der Waals surface area contributed by atoms with Gasteiger partial charge in [0.05, 0.1) is 50.0 Å². The monoisotopic (exact) mass is 491 g/mol. The number of carbonyl (C=O) groups is 2. The molecule has 0 saturated carbocycles. The van der Waals surface area contributed by atoms with Gasteiger partial charge in [-0.25, -0.2) is 4.68 Å². The molecule has 0 saturated heterocycles. The second kappa shape index (κ2) is 10.5. The van der Waals surface area contributed by atoms with Crippen molar-refractivity contribution in [3.05, 3.63) is 71.0 Å². The summed E-state index contributed by atoms with van der Waals surface area (Å²) in [5.74, 6) is -0.194. The largest absolute Gasteiger partial charge is 0.497 e. The molecule has 0 atom stereocenters. The van der Waals surface area contributed by atoms with Crippen LogP contribution in [0, 0.1) is 6.92 Å². The molecule has 35 heavy (non-hydrogen) atoms. The van der Waals surface area contributed by atoms with E-state index in [2.05, 4.69) is 5.10 Å². The fourth-order valence-electron chi connectivity index (χ4n) is 3.46. The lowest BCUT2D eigenvalue weighted by Crippen LogP contribution is -2.36. The molecular weight excluding hydrogens is 467 g/mol. The van der Waals surface area contributed by atoms with E-state index in [0.29, 0.717) is 22.8 Å². The number of alkyl halides is 3. The van der Waals surface area contributed by atoms with Crippen molar-refractivity contribution in [3.63, 3.8) is 0 Å². The fraction of sp³-hybridized carbons (Fsp3) is 0.292. The van der Waals surface area contributed by atoms with Gasteiger partial charge in [0.15, 0.2) is 0 Å². The SMILES string of the molecule is COC(=O)CN(Cc1cc(OC)cc(OC)c1)C(=O)c1cnn(-c2cccc(C(F)(F)F)c2)c1C. The minimum atomic E-state index is -4.52. The lowest BCUT2D eigenvalue weighted by molar-refractivity contribution is -0.141. The molecule has 0 aliphatic rings. The van der Waals surface area contributed by atoms with Crippen molar-refractivity contribution in [2.24, 2.45) is 0 Å². The number of amides is 1. The Labute approximate surface area is 199 Å². The van der Waals surface area contributed by atoms with Gasteiger partial charge < -0.3 is 19.1 Å². The van der Waals surface area contributed by atoms with Gasteiger partial charge in [0.2, 0.25) is 0 Å². The molecule has 0 aliphatic heterocycles. The molecule has 0 fully saturated rings. The highest BCUT2D eigenvalue weighted by atomic mass is 19.4. The van der Waals surface area contributed by atoms with Crippen LogP contribution in [0.2, 0.25) is 0 Å². The summed E-state index contributed by atoms with van der Waals surface area (Å²) < 4.78 is 55.9. The van der Waals surface area contributed by atoms with Gasteiger partial charge in [-0.2, -0.15) is 18.3 Å². The van der Waals surface area contributed by atoms with Gasteiger partial charge >= 0.3 is 12.1 Å². The molecule has 0 bridgehead atoms. The molecule has 0 spiro atoms. The molecule has 3 rings (SSSR count). The zero-order chi connectivity index (χ0) is 25.8. The van der Waals surface area contributed by atoms with Crippen molar-refractivity contribution < 1.29 is 37.0 Å². The number of benzene rings is 2. The minimum Gasteiger partial charge on any atom is -0.497 e. The van der Waals surface area contributed by atoms with E-state index in [0.717, 1.165) is 12.1 Å². The molecule has 8 nitrogen and oxygen atoms in total. The average molecular weight is 491 g/mol. The number of ether oxygens (including phenoxy) is 3. The van der Waals surface area contributed by atoms with Crippen molar-refractivity contribution >= 4 is 11.9 Å². The molecule has 0 N–H and O–H groups in total. The Hall–Kier alpha value is -4.02. The average Bonchev–Trinajstić information content (AvgIpc) is 3.23. The van der Waals surface area contributed by atoms with Crippen LogP contribution in [0.15, 0.2) is 48.7 Å². The van der Waals surface area contributed by atoms with Gasteiger partial charge in [0.25, 0.3) is 5.91 Å². The summed E-state index contributed by atoms with van der Waals surface area (Å²) in [6.07, 6.45) is -3.26. The summed E-state index contributed by atoms with van der Waals surface area (Å²) in [6.45, 7) is 1.21. The van der Waals surface area contributed by atoms with Crippen LogP contribution >= 0.6 is 0 Å². The normalized spacial score (nSPS) is 11.2. The van der Waals surface area contributed by atoms with Gasteiger partial charge in [0.1, 0.15) is 18.0 Å². The maximum absolute atomic E-state index is 13.4. The van der Waals surface area contributed by atoms with E-state index in [-0.39, 0.29) is 24.3 Å². The molecule has 1 heterocycles. The number of nitrogens with zero attached hydrogens (tertiary/aromatic N) is 3. The van der Waals surface area contributed by atoms with Gasteiger partial charge in [-0.15, -0.1) is 0 Å². The topological polar surface area (TPSA) is 82.9 Å². The van der Waals surface area contributed by atoms with E-state index < -0.39 is 23.6 Å².